The molecule has 7 heteroatoms. The first-order chi connectivity index (χ1) is 16.1. The average molecular weight is 438 g/mol. The van der Waals surface area contributed by atoms with E-state index in [1.807, 2.05) is 60.7 Å². The number of nitrogens with zero attached hydrogens (tertiary/aromatic N) is 3. The third kappa shape index (κ3) is 5.59. The molecular formula is C26H22N4O3. The van der Waals surface area contributed by atoms with Gasteiger partial charge in [0.2, 0.25) is 0 Å². The number of benzene rings is 2. The fourth-order valence-electron chi connectivity index (χ4n) is 3.28. The summed E-state index contributed by atoms with van der Waals surface area (Å²) in [6.07, 6.45) is 4.77. The summed E-state index contributed by atoms with van der Waals surface area (Å²) in [6.45, 7) is 0.0110. The summed E-state index contributed by atoms with van der Waals surface area (Å²) >= 11 is 0. The molecule has 0 radical (unpaired) electrons. The molecular weight excluding hydrogens is 416 g/mol. The van der Waals surface area contributed by atoms with Crippen molar-refractivity contribution < 1.29 is 14.6 Å². The van der Waals surface area contributed by atoms with Crippen LogP contribution in [0.3, 0.4) is 0 Å². The second kappa shape index (κ2) is 10.2. The number of hydrogen-bond donors (Lipinski definition) is 2. The van der Waals surface area contributed by atoms with Gasteiger partial charge in [0.25, 0.3) is 0 Å². The van der Waals surface area contributed by atoms with Crippen LogP contribution >= 0.6 is 0 Å². The Labute approximate surface area is 190 Å². The zero-order valence-electron chi connectivity index (χ0n) is 17.8. The SMILES string of the molecule is NC(=C(C=NCC(=O)O)c1ccncc1)c1ccc(OCc2ccc3ccccc3n2)cc1. The summed E-state index contributed by atoms with van der Waals surface area (Å²) in [5.74, 6) is -0.326. The minimum Gasteiger partial charge on any atom is -0.487 e. The normalized spacial score (nSPS) is 12.0. The highest BCUT2D eigenvalue weighted by Crippen LogP contribution is 2.23. The van der Waals surface area contributed by atoms with Gasteiger partial charge >= 0.3 is 5.97 Å². The van der Waals surface area contributed by atoms with Crippen LogP contribution in [-0.2, 0) is 11.4 Å². The molecule has 0 atom stereocenters. The molecule has 0 bridgehead atoms. The van der Waals surface area contributed by atoms with Gasteiger partial charge in [-0.05, 0) is 59.7 Å². The lowest BCUT2D eigenvalue weighted by Crippen LogP contribution is -2.05. The Bertz CT molecular complexity index is 1320. The zero-order valence-corrected chi connectivity index (χ0v) is 17.8. The Morgan fingerprint density at radius 2 is 1.73 bits per heavy atom. The van der Waals surface area contributed by atoms with Crippen molar-refractivity contribution >= 4 is 34.4 Å². The predicted molar refractivity (Wildman–Crippen MR) is 129 cm³/mol. The first-order valence-corrected chi connectivity index (χ1v) is 10.3. The van der Waals surface area contributed by atoms with Gasteiger partial charge in [0.15, 0.2) is 0 Å². The summed E-state index contributed by atoms with van der Waals surface area (Å²) in [7, 11) is 0. The molecule has 0 aliphatic carbocycles. The van der Waals surface area contributed by atoms with Crippen LogP contribution < -0.4 is 10.5 Å². The molecule has 0 unspecified atom stereocenters. The molecule has 4 aromatic rings. The van der Waals surface area contributed by atoms with Gasteiger partial charge in [0.05, 0.1) is 11.2 Å². The van der Waals surface area contributed by atoms with Crippen LogP contribution in [0.1, 0.15) is 16.8 Å². The van der Waals surface area contributed by atoms with Crippen molar-refractivity contribution in [3.8, 4) is 5.75 Å². The Kier molecular flexibility index (Phi) is 6.70. The van der Waals surface area contributed by atoms with Crippen molar-refractivity contribution in [1.82, 2.24) is 9.97 Å². The van der Waals surface area contributed by atoms with Crippen LogP contribution in [-0.4, -0.2) is 33.8 Å². The van der Waals surface area contributed by atoms with Crippen molar-refractivity contribution in [2.75, 3.05) is 6.54 Å². The summed E-state index contributed by atoms with van der Waals surface area (Å²) in [4.78, 5) is 23.5. The molecule has 0 spiro atoms. The molecule has 0 saturated carbocycles. The summed E-state index contributed by atoms with van der Waals surface area (Å²) in [5.41, 5.74) is 10.8. The third-order valence-corrected chi connectivity index (χ3v) is 4.94. The molecule has 0 amide bonds. The van der Waals surface area contributed by atoms with Gasteiger partial charge < -0.3 is 15.6 Å². The second-order valence-corrected chi connectivity index (χ2v) is 7.24. The van der Waals surface area contributed by atoms with E-state index in [1.54, 1.807) is 24.5 Å². The smallest absolute Gasteiger partial charge is 0.325 e. The number of para-hydroxylation sites is 1. The maximum Gasteiger partial charge on any atom is 0.325 e. The Morgan fingerprint density at radius 1 is 0.970 bits per heavy atom. The standard InChI is InChI=1S/C26H22N4O3/c27-26(23(15-29-16-25(31)32)18-11-13-28-14-12-18)20-6-9-22(10-7-20)33-17-21-8-5-19-3-1-2-4-24(19)30-21/h1-15H,16-17,27H2,(H,31,32). The van der Waals surface area contributed by atoms with E-state index >= 15 is 0 Å². The lowest BCUT2D eigenvalue weighted by Gasteiger charge is -2.11. The summed E-state index contributed by atoms with van der Waals surface area (Å²) in [5, 5.41) is 9.97. The molecule has 2 heterocycles. The second-order valence-electron chi connectivity index (χ2n) is 7.24. The van der Waals surface area contributed by atoms with Crippen LogP contribution in [0.25, 0.3) is 22.2 Å². The van der Waals surface area contributed by atoms with Crippen LogP contribution in [0.2, 0.25) is 0 Å². The van der Waals surface area contributed by atoms with Gasteiger partial charge in [-0.15, -0.1) is 0 Å². The van der Waals surface area contributed by atoms with Crippen molar-refractivity contribution in [3.05, 3.63) is 102 Å². The van der Waals surface area contributed by atoms with Crippen molar-refractivity contribution in [2.24, 2.45) is 10.7 Å². The number of aliphatic imine (C=N–C) groups is 1. The molecule has 7 nitrogen and oxygen atoms in total. The quantitative estimate of drug-likeness (QED) is 0.399. The molecule has 3 N–H and O–H groups in total. The van der Waals surface area contributed by atoms with Gasteiger partial charge in [-0.1, -0.05) is 24.3 Å². The van der Waals surface area contributed by atoms with Gasteiger partial charge in [-0.3, -0.25) is 14.8 Å². The number of nitrogens with two attached hydrogens (primary N) is 1. The summed E-state index contributed by atoms with van der Waals surface area (Å²) in [6, 6.07) is 22.9. The predicted octanol–water partition coefficient (Wildman–Crippen LogP) is 4.19. The fraction of sp³-hybridized carbons (Fsp3) is 0.0769. The Hall–Kier alpha value is -4.52. The number of fused-ring (bicyclic) bond motifs is 1. The van der Waals surface area contributed by atoms with Crippen LogP contribution in [0.15, 0.2) is 90.2 Å². The van der Waals surface area contributed by atoms with Crippen molar-refractivity contribution in [2.45, 2.75) is 6.61 Å². The highest BCUT2D eigenvalue weighted by molar-refractivity contribution is 6.19. The number of carbonyl (C=O) groups is 1. The van der Waals surface area contributed by atoms with E-state index < -0.39 is 5.97 Å². The zero-order chi connectivity index (χ0) is 23.0. The molecule has 164 valence electrons. The molecule has 0 aliphatic heterocycles. The van der Waals surface area contributed by atoms with E-state index in [2.05, 4.69) is 15.0 Å². The average Bonchev–Trinajstić information content (AvgIpc) is 2.85. The van der Waals surface area contributed by atoms with Crippen LogP contribution in [0.5, 0.6) is 5.75 Å². The van der Waals surface area contributed by atoms with Gasteiger partial charge in [0, 0.05) is 35.3 Å². The first kappa shape index (κ1) is 21.7. The topological polar surface area (TPSA) is 111 Å². The highest BCUT2D eigenvalue weighted by atomic mass is 16.5. The number of aromatic nitrogens is 2. The largest absolute Gasteiger partial charge is 0.487 e. The Balaban J connectivity index is 1.52. The Morgan fingerprint density at radius 3 is 2.48 bits per heavy atom. The number of carboxylic acids is 1. The van der Waals surface area contributed by atoms with E-state index in [0.29, 0.717) is 23.6 Å². The molecule has 4 rings (SSSR count). The number of ether oxygens (including phenoxy) is 1. The lowest BCUT2D eigenvalue weighted by molar-refractivity contribution is -0.135. The molecule has 2 aromatic heterocycles. The maximum atomic E-state index is 10.8. The van der Waals surface area contributed by atoms with Gasteiger partial charge in [-0.2, -0.15) is 0 Å². The first-order valence-electron chi connectivity index (χ1n) is 10.3. The monoisotopic (exact) mass is 438 g/mol. The minimum absolute atomic E-state index is 0.336. The molecule has 2 aromatic carbocycles. The van der Waals surface area contributed by atoms with Crippen molar-refractivity contribution in [1.29, 1.82) is 0 Å². The maximum absolute atomic E-state index is 10.8. The molecule has 0 saturated heterocycles. The van der Waals surface area contributed by atoms with Crippen LogP contribution in [0, 0.1) is 0 Å². The number of rotatable bonds is 8. The number of pyridine rings is 2. The number of carboxylic acid groups (broad SMARTS) is 1. The summed E-state index contributed by atoms with van der Waals surface area (Å²) < 4.78 is 5.89. The highest BCUT2D eigenvalue weighted by Gasteiger charge is 2.08. The van der Waals surface area contributed by atoms with E-state index in [-0.39, 0.29) is 6.54 Å². The number of aliphatic carboxylic acids is 1. The van der Waals surface area contributed by atoms with Crippen molar-refractivity contribution in [3.63, 3.8) is 0 Å². The third-order valence-electron chi connectivity index (χ3n) is 4.94. The minimum atomic E-state index is -1.01. The van der Waals surface area contributed by atoms with Gasteiger partial charge in [-0.25, -0.2) is 4.98 Å². The van der Waals surface area contributed by atoms with E-state index in [4.69, 9.17) is 15.6 Å². The number of hydrogen-bond acceptors (Lipinski definition) is 6. The lowest BCUT2D eigenvalue weighted by atomic mass is 10.0. The number of allylic oxidation sites excluding steroid dienone is 1. The van der Waals surface area contributed by atoms with Gasteiger partial charge in [0.1, 0.15) is 18.9 Å². The van der Waals surface area contributed by atoms with E-state index in [1.165, 1.54) is 6.21 Å². The van der Waals surface area contributed by atoms with Crippen LogP contribution in [0.4, 0.5) is 0 Å². The molecule has 0 aliphatic rings. The fourth-order valence-corrected chi connectivity index (χ4v) is 3.28. The molecule has 33 heavy (non-hydrogen) atoms. The molecule has 0 fully saturated rings. The van der Waals surface area contributed by atoms with E-state index in [9.17, 15) is 4.79 Å². The van der Waals surface area contributed by atoms with E-state index in [0.717, 1.165) is 27.7 Å².